The second-order valence-electron chi connectivity index (χ2n) is 5.79. The molecule has 0 spiro atoms. The summed E-state index contributed by atoms with van der Waals surface area (Å²) in [5.74, 6) is 0. The molecule has 2 heterocycles. The minimum absolute atomic E-state index is 0.517. The summed E-state index contributed by atoms with van der Waals surface area (Å²) in [6.07, 6.45) is 0. The van der Waals surface area contributed by atoms with E-state index in [-0.39, 0.29) is 0 Å². The summed E-state index contributed by atoms with van der Waals surface area (Å²) < 4.78 is 31.4. The van der Waals surface area contributed by atoms with Gasteiger partial charge in [-0.15, -0.1) is 0 Å². The van der Waals surface area contributed by atoms with Crippen molar-refractivity contribution in [3.05, 3.63) is 0 Å². The first-order chi connectivity index (χ1) is 8.93. The van der Waals surface area contributed by atoms with Crippen molar-refractivity contribution in [2.24, 2.45) is 0 Å². The first kappa shape index (κ1) is 15.2. The third-order valence-electron chi connectivity index (χ3n) is 3.90. The summed E-state index contributed by atoms with van der Waals surface area (Å²) in [6.45, 7) is 10.1. The van der Waals surface area contributed by atoms with E-state index in [1.165, 1.54) is 0 Å². The summed E-state index contributed by atoms with van der Waals surface area (Å²) >= 11 is 0. The van der Waals surface area contributed by atoms with Crippen molar-refractivity contribution in [2.75, 3.05) is 59.0 Å². The van der Waals surface area contributed by atoms with E-state index in [1.807, 2.05) is 0 Å². The summed E-state index contributed by atoms with van der Waals surface area (Å²) in [7, 11) is -3.23. The van der Waals surface area contributed by atoms with Crippen LogP contribution in [0.25, 0.3) is 0 Å². The summed E-state index contributed by atoms with van der Waals surface area (Å²) in [6, 6.07) is 0. The lowest BCUT2D eigenvalue weighted by molar-refractivity contribution is 0.0363. The zero-order valence-electron chi connectivity index (χ0n) is 11.9. The van der Waals surface area contributed by atoms with E-state index in [0.717, 1.165) is 39.4 Å². The maximum atomic E-state index is 12.6. The van der Waals surface area contributed by atoms with Gasteiger partial charge in [0.25, 0.3) is 0 Å². The average molecular weight is 291 g/mol. The van der Waals surface area contributed by atoms with Crippen molar-refractivity contribution in [3.8, 4) is 0 Å². The van der Waals surface area contributed by atoms with Crippen LogP contribution in [0.15, 0.2) is 0 Å². The second kappa shape index (κ2) is 6.05. The Morgan fingerprint density at radius 3 is 2.53 bits per heavy atom. The summed E-state index contributed by atoms with van der Waals surface area (Å²) in [4.78, 5) is 2.27. The van der Waals surface area contributed by atoms with E-state index in [1.54, 1.807) is 18.2 Å². The monoisotopic (exact) mass is 291 g/mol. The van der Waals surface area contributed by atoms with E-state index < -0.39 is 14.8 Å². The Bertz CT molecular complexity index is 391. The highest BCUT2D eigenvalue weighted by molar-refractivity contribution is 7.90. The molecule has 2 saturated heterocycles. The molecule has 0 aromatic heterocycles. The Morgan fingerprint density at radius 2 is 1.84 bits per heavy atom. The fraction of sp³-hybridized carbons (Fsp3) is 1.00. The van der Waals surface area contributed by atoms with E-state index in [4.69, 9.17) is 4.74 Å². The molecule has 2 aliphatic heterocycles. The molecular weight excluding hydrogens is 266 g/mol. The van der Waals surface area contributed by atoms with Crippen LogP contribution >= 0.6 is 0 Å². The second-order valence-corrected chi connectivity index (χ2v) is 8.37. The topological polar surface area (TPSA) is 61.9 Å². The zero-order valence-corrected chi connectivity index (χ0v) is 12.7. The molecule has 0 atom stereocenters. The molecule has 6 nitrogen and oxygen atoms in total. The van der Waals surface area contributed by atoms with Gasteiger partial charge in [-0.2, -0.15) is 4.31 Å². The van der Waals surface area contributed by atoms with E-state index >= 15 is 0 Å². The van der Waals surface area contributed by atoms with Crippen molar-refractivity contribution < 1.29 is 13.2 Å². The molecule has 0 aliphatic carbocycles. The van der Waals surface area contributed by atoms with Gasteiger partial charge in [0, 0.05) is 45.8 Å². The van der Waals surface area contributed by atoms with Gasteiger partial charge < -0.3 is 10.1 Å². The maximum Gasteiger partial charge on any atom is 0.220 e. The first-order valence-electron chi connectivity index (χ1n) is 6.94. The van der Waals surface area contributed by atoms with Crippen molar-refractivity contribution in [1.29, 1.82) is 0 Å². The first-order valence-corrected chi connectivity index (χ1v) is 8.38. The molecule has 2 aliphatic rings. The quantitative estimate of drug-likeness (QED) is 0.747. The number of sulfonamides is 1. The van der Waals surface area contributed by atoms with Gasteiger partial charge in [0.15, 0.2) is 0 Å². The summed E-state index contributed by atoms with van der Waals surface area (Å²) in [5, 5.41) is 3.21. The molecule has 0 aromatic carbocycles. The predicted octanol–water partition coefficient (Wildman–Crippen LogP) is -0.668. The SMILES string of the molecule is CC1(C)CNCCN(CCN2CCOCC2)S1(=O)=O. The maximum absolute atomic E-state index is 12.6. The molecule has 112 valence electrons. The van der Waals surface area contributed by atoms with Crippen LogP contribution in [-0.2, 0) is 14.8 Å². The lowest BCUT2D eigenvalue weighted by Gasteiger charge is -2.32. The van der Waals surface area contributed by atoms with E-state index in [2.05, 4.69) is 10.2 Å². The Kier molecular flexibility index (Phi) is 4.84. The highest BCUT2D eigenvalue weighted by atomic mass is 32.2. The third kappa shape index (κ3) is 3.46. The number of ether oxygens (including phenoxy) is 1. The van der Waals surface area contributed by atoms with Crippen LogP contribution in [0.1, 0.15) is 13.8 Å². The Labute approximate surface area is 116 Å². The minimum atomic E-state index is -3.23. The van der Waals surface area contributed by atoms with E-state index in [0.29, 0.717) is 19.6 Å². The van der Waals surface area contributed by atoms with Crippen LogP contribution in [0.3, 0.4) is 0 Å². The van der Waals surface area contributed by atoms with Crippen molar-refractivity contribution in [3.63, 3.8) is 0 Å². The highest BCUT2D eigenvalue weighted by Crippen LogP contribution is 2.22. The van der Waals surface area contributed by atoms with Gasteiger partial charge in [-0.25, -0.2) is 8.42 Å². The molecule has 0 saturated carbocycles. The van der Waals surface area contributed by atoms with Crippen molar-refractivity contribution >= 4 is 10.0 Å². The van der Waals surface area contributed by atoms with Gasteiger partial charge in [0.1, 0.15) is 0 Å². The number of nitrogens with zero attached hydrogens (tertiary/aromatic N) is 2. The average Bonchev–Trinajstić information content (AvgIpc) is 2.47. The Hall–Kier alpha value is -0.210. The smallest absolute Gasteiger partial charge is 0.220 e. The van der Waals surface area contributed by atoms with Gasteiger partial charge in [-0.1, -0.05) is 0 Å². The van der Waals surface area contributed by atoms with Crippen molar-refractivity contribution in [2.45, 2.75) is 18.6 Å². The molecule has 2 rings (SSSR count). The molecule has 0 bridgehead atoms. The zero-order chi connectivity index (χ0) is 13.9. The van der Waals surface area contributed by atoms with Crippen LogP contribution in [0.4, 0.5) is 0 Å². The lowest BCUT2D eigenvalue weighted by atomic mass is 10.2. The van der Waals surface area contributed by atoms with Crippen LogP contribution in [0.5, 0.6) is 0 Å². The van der Waals surface area contributed by atoms with Gasteiger partial charge in [-0.3, -0.25) is 4.90 Å². The number of nitrogens with one attached hydrogen (secondary N) is 1. The predicted molar refractivity (Wildman–Crippen MR) is 74.7 cm³/mol. The number of hydrogen-bond donors (Lipinski definition) is 1. The van der Waals surface area contributed by atoms with Gasteiger partial charge in [-0.05, 0) is 13.8 Å². The Morgan fingerprint density at radius 1 is 1.16 bits per heavy atom. The van der Waals surface area contributed by atoms with Gasteiger partial charge in [0.2, 0.25) is 10.0 Å². The van der Waals surface area contributed by atoms with Crippen LogP contribution in [-0.4, -0.2) is 81.4 Å². The fourth-order valence-electron chi connectivity index (χ4n) is 2.46. The molecule has 2 fully saturated rings. The molecule has 0 radical (unpaired) electrons. The third-order valence-corrected chi connectivity index (χ3v) is 6.48. The molecule has 0 amide bonds. The van der Waals surface area contributed by atoms with Crippen LogP contribution in [0, 0.1) is 0 Å². The lowest BCUT2D eigenvalue weighted by Crippen LogP contribution is -2.49. The molecule has 0 unspecified atom stereocenters. The van der Waals surface area contributed by atoms with Gasteiger partial charge in [0.05, 0.1) is 18.0 Å². The number of morpholine rings is 1. The highest BCUT2D eigenvalue weighted by Gasteiger charge is 2.40. The number of hydrogen-bond acceptors (Lipinski definition) is 5. The molecule has 19 heavy (non-hydrogen) atoms. The molecular formula is C12H25N3O3S. The largest absolute Gasteiger partial charge is 0.379 e. The molecule has 0 aromatic rings. The normalized spacial score (nSPS) is 28.9. The Balaban J connectivity index is 1.97. The number of rotatable bonds is 3. The molecule has 7 heteroatoms. The van der Waals surface area contributed by atoms with Gasteiger partial charge >= 0.3 is 0 Å². The summed E-state index contributed by atoms with van der Waals surface area (Å²) in [5.41, 5.74) is 0. The molecule has 1 N–H and O–H groups in total. The minimum Gasteiger partial charge on any atom is -0.379 e. The standard InChI is InChI=1S/C12H25N3O3S/c1-12(2)11-13-3-4-15(19(12,16)17)6-5-14-7-9-18-10-8-14/h13H,3-11H2,1-2H3. The van der Waals surface area contributed by atoms with Crippen LogP contribution in [0.2, 0.25) is 0 Å². The van der Waals surface area contributed by atoms with Crippen molar-refractivity contribution in [1.82, 2.24) is 14.5 Å². The van der Waals surface area contributed by atoms with E-state index in [9.17, 15) is 8.42 Å². The van der Waals surface area contributed by atoms with Crippen LogP contribution < -0.4 is 5.32 Å². The fourth-order valence-corrected chi connectivity index (χ4v) is 4.10.